The van der Waals surface area contributed by atoms with Crippen molar-refractivity contribution in [1.29, 1.82) is 0 Å². The molecule has 6 unspecified atom stereocenters. The normalized spacial score (nSPS) is 32.6. The molecule has 0 radical (unpaired) electrons. The number of thioether (sulfide) groups is 10. The van der Waals surface area contributed by atoms with E-state index in [0.717, 1.165) is 32.8 Å². The first kappa shape index (κ1) is 32.6. The molecular formula is C22H38Cl2S10. The summed E-state index contributed by atoms with van der Waals surface area (Å²) in [6.45, 7) is 0. The molecule has 6 atom stereocenters. The monoisotopic (exact) mass is 692 g/mol. The Morgan fingerprint density at radius 3 is 0.853 bits per heavy atom. The molecule has 0 aliphatic carbocycles. The molecule has 12 heteroatoms. The molecule has 0 aromatic rings. The van der Waals surface area contributed by atoms with Crippen molar-refractivity contribution in [3.8, 4) is 0 Å². The molecular weight excluding hydrogens is 656 g/mol. The van der Waals surface area contributed by atoms with Gasteiger partial charge in [-0.1, -0.05) is 0 Å². The summed E-state index contributed by atoms with van der Waals surface area (Å²) in [5, 5.41) is 4.81. The molecule has 0 aromatic carbocycles. The molecule has 3 aliphatic heterocycles. The van der Waals surface area contributed by atoms with E-state index in [-0.39, 0.29) is 0 Å². The molecule has 3 rings (SSSR count). The van der Waals surface area contributed by atoms with E-state index in [1.165, 1.54) is 80.5 Å². The summed E-state index contributed by atoms with van der Waals surface area (Å²) in [4.78, 5) is 0. The van der Waals surface area contributed by atoms with Crippen molar-refractivity contribution in [3.05, 3.63) is 0 Å². The third-order valence-corrected chi connectivity index (χ3v) is 22.1. The molecule has 200 valence electrons. The van der Waals surface area contributed by atoms with Gasteiger partial charge in [-0.05, 0) is 0 Å². The second-order valence-electron chi connectivity index (χ2n) is 8.34. The van der Waals surface area contributed by atoms with Crippen LogP contribution in [0.5, 0.6) is 0 Å². The maximum Gasteiger partial charge on any atom is 0.0350 e. The summed E-state index contributed by atoms with van der Waals surface area (Å²) in [5.41, 5.74) is 0. The Labute approximate surface area is 261 Å². The van der Waals surface area contributed by atoms with Crippen molar-refractivity contribution in [3.63, 3.8) is 0 Å². The molecule has 3 saturated heterocycles. The van der Waals surface area contributed by atoms with E-state index in [4.69, 9.17) is 23.2 Å². The van der Waals surface area contributed by atoms with Crippen molar-refractivity contribution in [2.75, 3.05) is 92.3 Å². The Kier molecular flexibility index (Phi) is 20.0. The summed E-state index contributed by atoms with van der Waals surface area (Å²) < 4.78 is 0. The van der Waals surface area contributed by atoms with Crippen LogP contribution in [0.1, 0.15) is 0 Å². The standard InChI is InChI=1S/C22H38Cl2S10/c23-5-17-11-31-19(13-29-17)7-25-1-3-27-9-21-15-34-22(16-33-21)10-28-4-2-26-8-20-14-30-18(6-24)12-32-20/h17-22H,1-16H2. The highest BCUT2D eigenvalue weighted by Crippen LogP contribution is 2.35. The minimum absolute atomic E-state index is 0.687. The quantitative estimate of drug-likeness (QED) is 0.115. The van der Waals surface area contributed by atoms with Gasteiger partial charge < -0.3 is 0 Å². The minimum atomic E-state index is 0.687. The first-order valence-corrected chi connectivity index (χ1v) is 23.9. The number of hydrogen-bond donors (Lipinski definition) is 0. The Hall–Kier alpha value is 4.08. The lowest BCUT2D eigenvalue weighted by molar-refractivity contribution is 1.05. The van der Waals surface area contributed by atoms with E-state index < -0.39 is 0 Å². The van der Waals surface area contributed by atoms with Crippen molar-refractivity contribution in [2.24, 2.45) is 0 Å². The Balaban J connectivity index is 1.07. The number of alkyl halides is 2. The predicted molar refractivity (Wildman–Crippen MR) is 188 cm³/mol. The van der Waals surface area contributed by atoms with Crippen LogP contribution in [-0.4, -0.2) is 124 Å². The molecule has 0 aromatic heterocycles. The molecule has 34 heavy (non-hydrogen) atoms. The average Bonchev–Trinajstić information content (AvgIpc) is 2.89. The predicted octanol–water partition coefficient (Wildman–Crippen LogP) is 8.05. The molecule has 0 nitrogen and oxygen atoms in total. The van der Waals surface area contributed by atoms with Crippen LogP contribution in [0.2, 0.25) is 0 Å². The minimum Gasteiger partial charge on any atom is -0.160 e. The lowest BCUT2D eigenvalue weighted by Crippen LogP contribution is -2.25. The number of hydrogen-bond acceptors (Lipinski definition) is 10. The van der Waals surface area contributed by atoms with Gasteiger partial charge in [0.2, 0.25) is 0 Å². The van der Waals surface area contributed by atoms with Crippen molar-refractivity contribution in [1.82, 2.24) is 0 Å². The van der Waals surface area contributed by atoms with Crippen LogP contribution < -0.4 is 0 Å². The molecule has 0 amide bonds. The maximum atomic E-state index is 5.98. The zero-order valence-corrected chi connectivity index (χ0v) is 29.3. The lowest BCUT2D eigenvalue weighted by atomic mass is 10.5. The van der Waals surface area contributed by atoms with Crippen molar-refractivity contribution >= 4 is 141 Å². The van der Waals surface area contributed by atoms with E-state index in [0.29, 0.717) is 10.5 Å². The summed E-state index contributed by atoms with van der Waals surface area (Å²) >= 11 is 33.7. The van der Waals surface area contributed by atoms with Gasteiger partial charge >= 0.3 is 0 Å². The summed E-state index contributed by atoms with van der Waals surface area (Å²) in [6, 6.07) is 0. The fraction of sp³-hybridized carbons (Fsp3) is 1.00. The number of halogens is 2. The molecule has 3 aliphatic rings. The van der Waals surface area contributed by atoms with Gasteiger partial charge in [-0.3, -0.25) is 0 Å². The van der Waals surface area contributed by atoms with Gasteiger partial charge in [-0.2, -0.15) is 118 Å². The lowest BCUT2D eigenvalue weighted by Gasteiger charge is -2.27. The molecule has 3 heterocycles. The fourth-order valence-corrected chi connectivity index (χ4v) is 19.3. The zero-order valence-electron chi connectivity index (χ0n) is 19.6. The van der Waals surface area contributed by atoms with Crippen LogP contribution in [0.25, 0.3) is 0 Å². The second-order valence-corrected chi connectivity index (χ2v) is 21.6. The first-order chi connectivity index (χ1) is 16.8. The Bertz CT molecular complexity index is 452. The molecule has 0 bridgehead atoms. The highest BCUT2D eigenvalue weighted by molar-refractivity contribution is 8.10. The van der Waals surface area contributed by atoms with Gasteiger partial charge in [0, 0.05) is 124 Å². The van der Waals surface area contributed by atoms with E-state index in [1.54, 1.807) is 0 Å². The highest BCUT2D eigenvalue weighted by Gasteiger charge is 2.24. The van der Waals surface area contributed by atoms with Gasteiger partial charge in [0.25, 0.3) is 0 Å². The van der Waals surface area contributed by atoms with Gasteiger partial charge in [0.15, 0.2) is 0 Å². The van der Waals surface area contributed by atoms with E-state index in [2.05, 4.69) is 118 Å². The zero-order chi connectivity index (χ0) is 23.8. The largest absolute Gasteiger partial charge is 0.160 e. The fourth-order valence-electron chi connectivity index (χ4n) is 3.41. The van der Waals surface area contributed by atoms with Gasteiger partial charge in [0.1, 0.15) is 0 Å². The van der Waals surface area contributed by atoms with Crippen LogP contribution in [0.4, 0.5) is 0 Å². The second kappa shape index (κ2) is 20.9. The van der Waals surface area contributed by atoms with E-state index in [9.17, 15) is 0 Å². The molecule has 0 spiro atoms. The smallest absolute Gasteiger partial charge is 0.0350 e. The van der Waals surface area contributed by atoms with Crippen LogP contribution in [-0.2, 0) is 0 Å². The van der Waals surface area contributed by atoms with Crippen LogP contribution in [0.15, 0.2) is 0 Å². The Morgan fingerprint density at radius 1 is 0.412 bits per heavy atom. The summed E-state index contributed by atoms with van der Waals surface area (Å²) in [7, 11) is 0. The van der Waals surface area contributed by atoms with Gasteiger partial charge in [-0.15, -0.1) is 23.2 Å². The third kappa shape index (κ3) is 14.1. The van der Waals surface area contributed by atoms with Crippen LogP contribution in [0.3, 0.4) is 0 Å². The Morgan fingerprint density at radius 2 is 0.647 bits per heavy atom. The molecule has 3 fully saturated rings. The average molecular weight is 694 g/mol. The molecule has 0 N–H and O–H groups in total. The maximum absolute atomic E-state index is 5.98. The van der Waals surface area contributed by atoms with Crippen LogP contribution >= 0.6 is 141 Å². The summed E-state index contributed by atoms with van der Waals surface area (Å²) in [5.74, 6) is 20.1. The third-order valence-electron chi connectivity index (χ3n) is 5.41. The van der Waals surface area contributed by atoms with Crippen molar-refractivity contribution < 1.29 is 0 Å². The van der Waals surface area contributed by atoms with Crippen LogP contribution in [0, 0.1) is 0 Å². The highest BCUT2D eigenvalue weighted by atomic mass is 35.5. The topological polar surface area (TPSA) is 0 Å². The van der Waals surface area contributed by atoms with Gasteiger partial charge in [-0.25, -0.2) is 0 Å². The first-order valence-electron chi connectivity index (χ1n) is 11.9. The van der Waals surface area contributed by atoms with E-state index in [1.807, 2.05) is 0 Å². The number of rotatable bonds is 16. The summed E-state index contributed by atoms with van der Waals surface area (Å²) in [6.07, 6.45) is 0. The molecule has 0 saturated carbocycles. The van der Waals surface area contributed by atoms with E-state index >= 15 is 0 Å². The van der Waals surface area contributed by atoms with Crippen molar-refractivity contribution in [2.45, 2.75) is 31.5 Å². The van der Waals surface area contributed by atoms with Gasteiger partial charge in [0.05, 0.1) is 0 Å². The SMILES string of the molecule is ClCC1CSC(CSCCSCC2CSC(CSCCSCC3CSC(CCl)CS3)CS2)CS1.